The molecular formula is C17H27N7OP. The van der Waals surface area contributed by atoms with E-state index < -0.39 is 7.94 Å². The molecule has 26 heavy (non-hydrogen) atoms. The molecule has 5 heterocycles. The summed E-state index contributed by atoms with van der Waals surface area (Å²) in [5.41, 5.74) is 1.50. The topological polar surface area (TPSA) is 62.6 Å². The number of fused-ring (bicyclic) bond motifs is 1. The van der Waals surface area contributed by atoms with Gasteiger partial charge in [0.2, 0.25) is 5.65 Å². The van der Waals surface area contributed by atoms with Crippen LogP contribution in [0.1, 0.15) is 38.5 Å². The lowest BCUT2D eigenvalue weighted by molar-refractivity contribution is 0.168. The van der Waals surface area contributed by atoms with E-state index in [1.54, 1.807) is 11.0 Å². The molecule has 3 saturated heterocycles. The molecule has 1 radical (unpaired) electrons. The van der Waals surface area contributed by atoms with Crippen molar-refractivity contribution in [3.8, 4) is 0 Å². The molecule has 0 aromatic carbocycles. The number of aromatic nitrogens is 4. The van der Waals surface area contributed by atoms with Crippen LogP contribution in [0, 0.1) is 0 Å². The first-order chi connectivity index (χ1) is 12.9. The van der Waals surface area contributed by atoms with Crippen LogP contribution in [-0.4, -0.2) is 73.4 Å². The molecule has 8 nitrogen and oxygen atoms in total. The molecule has 141 valence electrons. The number of rotatable bonds is 5. The fraction of sp³-hybridized carbons (Fsp3) is 0.706. The van der Waals surface area contributed by atoms with Gasteiger partial charge in [0.1, 0.15) is 5.52 Å². The lowest BCUT2D eigenvalue weighted by atomic mass is 10.4. The predicted octanol–water partition coefficient (Wildman–Crippen LogP) is 2.22. The molecule has 0 N–H and O–H groups in total. The van der Waals surface area contributed by atoms with Crippen molar-refractivity contribution in [2.24, 2.45) is 0 Å². The Hall–Kier alpha value is -1.34. The van der Waals surface area contributed by atoms with Crippen LogP contribution in [0.4, 0.5) is 0 Å². The minimum absolute atomic E-state index is 0.717. The first-order valence-electron chi connectivity index (χ1n) is 9.90. The van der Waals surface area contributed by atoms with Gasteiger partial charge in [0.25, 0.3) is 7.94 Å². The standard InChI is InChI=1S/C17H27N7OP/c1-2-11-21(10-1)26(22-12-3-4-13-22,23-14-5-6-15-23)25-24-17-16(19-20-24)8-7-9-18-17/h7-9H,1-6,10-15H2. The second-order valence-electron chi connectivity index (χ2n) is 7.39. The Balaban J connectivity index is 1.59. The van der Waals surface area contributed by atoms with E-state index in [-0.39, 0.29) is 0 Å². The van der Waals surface area contributed by atoms with Crippen LogP contribution >= 0.6 is 7.94 Å². The molecule has 2 aromatic rings. The molecule has 0 amide bonds. The van der Waals surface area contributed by atoms with Crippen LogP contribution in [0.2, 0.25) is 0 Å². The molecular weight excluding hydrogens is 349 g/mol. The van der Waals surface area contributed by atoms with Crippen molar-refractivity contribution in [2.75, 3.05) is 39.3 Å². The van der Waals surface area contributed by atoms with Crippen LogP contribution in [0.25, 0.3) is 11.2 Å². The number of nitrogens with zero attached hydrogens (tertiary/aromatic N) is 7. The summed E-state index contributed by atoms with van der Waals surface area (Å²) in [5, 5.41) is 8.59. The smallest absolute Gasteiger partial charge is 0.265 e. The van der Waals surface area contributed by atoms with Crippen LogP contribution in [0.15, 0.2) is 18.3 Å². The van der Waals surface area contributed by atoms with Crippen LogP contribution < -0.4 is 4.62 Å². The van der Waals surface area contributed by atoms with Gasteiger partial charge in [-0.05, 0) is 55.9 Å². The average molecular weight is 376 g/mol. The first kappa shape index (κ1) is 16.8. The van der Waals surface area contributed by atoms with Crippen LogP contribution in [0.5, 0.6) is 0 Å². The summed E-state index contributed by atoms with van der Waals surface area (Å²) < 4.78 is 14.8. The molecule has 3 aliphatic heterocycles. The van der Waals surface area contributed by atoms with Gasteiger partial charge in [-0.1, -0.05) is 4.85 Å². The van der Waals surface area contributed by atoms with E-state index in [1.165, 1.54) is 38.5 Å². The SMILES string of the molecule is c1cnc2c(c1)nnn2O[P](N1CCCC1)(N1CCCC1)N1CCCC1. The van der Waals surface area contributed by atoms with Gasteiger partial charge in [-0.25, -0.2) is 19.0 Å². The zero-order valence-electron chi connectivity index (χ0n) is 15.2. The largest absolute Gasteiger partial charge is 0.333 e. The fourth-order valence-corrected chi connectivity index (χ4v) is 8.59. The fourth-order valence-electron chi connectivity index (χ4n) is 4.48. The Labute approximate surface area is 154 Å². The average Bonchev–Trinajstić information content (AvgIpc) is 3.49. The van der Waals surface area contributed by atoms with Gasteiger partial charge >= 0.3 is 0 Å². The lowest BCUT2D eigenvalue weighted by Gasteiger charge is -2.51. The maximum absolute atomic E-state index is 6.88. The molecule has 0 bridgehead atoms. The zero-order valence-corrected chi connectivity index (χ0v) is 16.1. The predicted molar refractivity (Wildman–Crippen MR) is 101 cm³/mol. The molecule has 3 fully saturated rings. The molecule has 3 aliphatic rings. The Kier molecular flexibility index (Phi) is 4.52. The Morgan fingerprint density at radius 3 is 1.88 bits per heavy atom. The molecule has 0 aliphatic carbocycles. The Bertz CT molecular complexity index is 710. The maximum atomic E-state index is 6.88. The molecule has 9 heteroatoms. The third kappa shape index (κ3) is 2.71. The Morgan fingerprint density at radius 2 is 1.35 bits per heavy atom. The van der Waals surface area contributed by atoms with E-state index in [0.29, 0.717) is 0 Å². The number of hydrogen-bond donors (Lipinski definition) is 0. The highest BCUT2D eigenvalue weighted by molar-refractivity contribution is 7.64. The highest BCUT2D eigenvalue weighted by Gasteiger charge is 2.52. The minimum Gasteiger partial charge on any atom is -0.333 e. The van der Waals surface area contributed by atoms with Crippen molar-refractivity contribution in [1.29, 1.82) is 0 Å². The van der Waals surface area contributed by atoms with Crippen molar-refractivity contribution >= 4 is 19.1 Å². The number of pyridine rings is 1. The quantitative estimate of drug-likeness (QED) is 0.742. The zero-order chi connectivity index (χ0) is 17.4. The van der Waals surface area contributed by atoms with Crippen molar-refractivity contribution in [3.05, 3.63) is 18.3 Å². The minimum atomic E-state index is -2.11. The van der Waals surface area contributed by atoms with Gasteiger partial charge < -0.3 is 4.62 Å². The van der Waals surface area contributed by atoms with E-state index in [0.717, 1.165) is 50.4 Å². The van der Waals surface area contributed by atoms with Crippen molar-refractivity contribution < 1.29 is 4.62 Å². The van der Waals surface area contributed by atoms with Gasteiger partial charge in [0, 0.05) is 45.5 Å². The van der Waals surface area contributed by atoms with Crippen molar-refractivity contribution in [3.63, 3.8) is 0 Å². The summed E-state index contributed by atoms with van der Waals surface area (Å²) in [6.07, 6.45) is 9.30. The summed E-state index contributed by atoms with van der Waals surface area (Å²) in [4.78, 5) is 6.09. The van der Waals surface area contributed by atoms with E-state index in [9.17, 15) is 0 Å². The number of hydrogen-bond acceptors (Lipinski definition) is 7. The lowest BCUT2D eigenvalue weighted by Crippen LogP contribution is -2.47. The van der Waals surface area contributed by atoms with Crippen LogP contribution in [-0.2, 0) is 0 Å². The van der Waals surface area contributed by atoms with E-state index in [4.69, 9.17) is 4.62 Å². The van der Waals surface area contributed by atoms with Gasteiger partial charge in [0.15, 0.2) is 0 Å². The molecule has 0 spiro atoms. The molecule has 0 unspecified atom stereocenters. The van der Waals surface area contributed by atoms with Crippen molar-refractivity contribution in [2.45, 2.75) is 38.5 Å². The second kappa shape index (κ2) is 7.00. The summed E-state index contributed by atoms with van der Waals surface area (Å²) in [7, 11) is -2.11. The van der Waals surface area contributed by atoms with Gasteiger partial charge in [-0.3, -0.25) is 0 Å². The van der Waals surface area contributed by atoms with Crippen LogP contribution in [0.3, 0.4) is 0 Å². The van der Waals surface area contributed by atoms with E-state index >= 15 is 0 Å². The summed E-state index contributed by atoms with van der Waals surface area (Å²) in [5.74, 6) is 0. The summed E-state index contributed by atoms with van der Waals surface area (Å²) in [6, 6.07) is 3.84. The second-order valence-corrected chi connectivity index (χ2v) is 10.3. The van der Waals surface area contributed by atoms with Gasteiger partial charge in [-0.15, -0.1) is 5.10 Å². The first-order valence-corrected chi connectivity index (χ1v) is 11.5. The highest BCUT2D eigenvalue weighted by Crippen LogP contribution is 2.68. The molecule has 5 rings (SSSR count). The van der Waals surface area contributed by atoms with E-state index in [2.05, 4.69) is 29.3 Å². The molecule has 0 atom stereocenters. The van der Waals surface area contributed by atoms with Gasteiger partial charge in [0.05, 0.1) is 0 Å². The monoisotopic (exact) mass is 376 g/mol. The highest BCUT2D eigenvalue weighted by atomic mass is 31.2. The summed E-state index contributed by atoms with van der Waals surface area (Å²) in [6.45, 7) is 6.67. The third-order valence-electron chi connectivity index (χ3n) is 5.72. The third-order valence-corrected chi connectivity index (χ3v) is 9.51. The Morgan fingerprint density at radius 1 is 0.808 bits per heavy atom. The molecule has 0 saturated carbocycles. The maximum Gasteiger partial charge on any atom is 0.265 e. The summed E-state index contributed by atoms with van der Waals surface area (Å²) >= 11 is 0. The molecule has 2 aromatic heterocycles. The van der Waals surface area contributed by atoms with Crippen molar-refractivity contribution in [1.82, 2.24) is 34.2 Å². The van der Waals surface area contributed by atoms with Gasteiger partial charge in [-0.2, -0.15) is 0 Å². The normalized spacial score (nSPS) is 23.4. The van der Waals surface area contributed by atoms with E-state index in [1.807, 2.05) is 12.1 Å².